The number of rotatable bonds is 8. The van der Waals surface area contributed by atoms with Gasteiger partial charge in [0.2, 0.25) is 5.91 Å². The highest BCUT2D eigenvalue weighted by molar-refractivity contribution is 5.89. The van der Waals surface area contributed by atoms with E-state index in [9.17, 15) is 4.79 Å². The second kappa shape index (κ2) is 7.78. The number of hydrogen-bond donors (Lipinski definition) is 1. The molecular weight excluding hydrogens is 314 g/mol. The summed E-state index contributed by atoms with van der Waals surface area (Å²) in [6.07, 6.45) is 3.07. The Morgan fingerprint density at radius 2 is 1.96 bits per heavy atom. The Morgan fingerprint density at radius 1 is 1.20 bits per heavy atom. The van der Waals surface area contributed by atoms with Gasteiger partial charge in [0.25, 0.3) is 0 Å². The summed E-state index contributed by atoms with van der Waals surface area (Å²) in [6.45, 7) is 2.34. The summed E-state index contributed by atoms with van der Waals surface area (Å²) < 4.78 is 0. The van der Waals surface area contributed by atoms with Gasteiger partial charge in [-0.2, -0.15) is 0 Å². The van der Waals surface area contributed by atoms with E-state index in [-0.39, 0.29) is 11.8 Å². The summed E-state index contributed by atoms with van der Waals surface area (Å²) in [4.78, 5) is 25.4. The van der Waals surface area contributed by atoms with Crippen LogP contribution in [0.3, 0.4) is 0 Å². The molecule has 0 radical (unpaired) electrons. The van der Waals surface area contributed by atoms with Crippen LogP contribution < -0.4 is 5.32 Å². The zero-order valence-electron chi connectivity index (χ0n) is 15.3. The van der Waals surface area contributed by atoms with Gasteiger partial charge in [-0.25, -0.2) is 9.97 Å². The highest BCUT2D eigenvalue weighted by Crippen LogP contribution is 2.31. The Bertz CT molecular complexity index is 742. The normalized spacial score (nSPS) is 14.1. The molecule has 1 aromatic carbocycles. The van der Waals surface area contributed by atoms with Gasteiger partial charge in [-0.15, -0.1) is 0 Å². The van der Waals surface area contributed by atoms with Gasteiger partial charge in [0.15, 0.2) is 5.82 Å². The van der Waals surface area contributed by atoms with E-state index in [0.29, 0.717) is 12.4 Å². The van der Waals surface area contributed by atoms with Gasteiger partial charge in [-0.1, -0.05) is 12.1 Å². The summed E-state index contributed by atoms with van der Waals surface area (Å²) in [5.74, 6) is 1.96. The monoisotopic (exact) mass is 341 g/mol. The molecule has 134 valence electrons. The number of anilines is 1. The van der Waals surface area contributed by atoms with Gasteiger partial charge >= 0.3 is 0 Å². The molecule has 1 aliphatic carbocycles. The molecule has 1 N–H and O–H groups in total. The first-order valence-corrected chi connectivity index (χ1v) is 8.94. The molecule has 3 rings (SSSR count). The first-order valence-electron chi connectivity index (χ1n) is 8.94. The van der Waals surface area contributed by atoms with Crippen molar-refractivity contribution in [1.29, 1.82) is 0 Å². The molecule has 2 aromatic rings. The number of fused-ring (bicyclic) bond motifs is 1. The van der Waals surface area contributed by atoms with Gasteiger partial charge in [0, 0.05) is 24.9 Å². The maximum Gasteiger partial charge on any atom is 0.225 e. The lowest BCUT2D eigenvalue weighted by atomic mass is 10.2. The Labute approximate surface area is 149 Å². The second-order valence-electron chi connectivity index (χ2n) is 7.06. The van der Waals surface area contributed by atoms with E-state index >= 15 is 0 Å². The number of nitrogens with one attached hydrogen (secondary N) is 1. The molecule has 0 atom stereocenters. The molecule has 0 spiro atoms. The van der Waals surface area contributed by atoms with E-state index in [2.05, 4.69) is 34.3 Å². The molecule has 1 heterocycles. The topological polar surface area (TPSA) is 61.4 Å². The van der Waals surface area contributed by atoms with E-state index in [0.717, 1.165) is 49.1 Å². The van der Waals surface area contributed by atoms with Crippen molar-refractivity contribution in [3.8, 4) is 0 Å². The Hall–Kier alpha value is -2.21. The molecule has 0 saturated heterocycles. The molecule has 1 aliphatic rings. The minimum absolute atomic E-state index is 0.206. The quantitative estimate of drug-likeness (QED) is 0.747. The van der Waals surface area contributed by atoms with Crippen LogP contribution in [0.1, 0.15) is 25.1 Å². The summed E-state index contributed by atoms with van der Waals surface area (Å²) in [7, 11) is 5.99. The summed E-state index contributed by atoms with van der Waals surface area (Å²) in [5, 5.41) is 4.46. The van der Waals surface area contributed by atoms with E-state index in [1.807, 2.05) is 31.3 Å². The fourth-order valence-corrected chi connectivity index (χ4v) is 2.86. The van der Waals surface area contributed by atoms with Crippen LogP contribution in [0.2, 0.25) is 0 Å². The van der Waals surface area contributed by atoms with E-state index in [4.69, 9.17) is 0 Å². The SMILES string of the molecule is CN(C)CCCNc1nc(CN(C)C(=O)C2CC2)nc2ccccc12. The van der Waals surface area contributed by atoms with Crippen LogP contribution in [0.4, 0.5) is 5.82 Å². The van der Waals surface area contributed by atoms with Gasteiger partial charge in [0.1, 0.15) is 5.82 Å². The third-order valence-electron chi connectivity index (χ3n) is 4.41. The minimum Gasteiger partial charge on any atom is -0.369 e. The predicted molar refractivity (Wildman–Crippen MR) is 100 cm³/mol. The third-order valence-corrected chi connectivity index (χ3v) is 4.41. The fourth-order valence-electron chi connectivity index (χ4n) is 2.86. The Balaban J connectivity index is 1.75. The van der Waals surface area contributed by atoms with Crippen molar-refractivity contribution in [2.24, 2.45) is 5.92 Å². The zero-order valence-corrected chi connectivity index (χ0v) is 15.3. The van der Waals surface area contributed by atoms with E-state index < -0.39 is 0 Å². The smallest absolute Gasteiger partial charge is 0.225 e. The van der Waals surface area contributed by atoms with Crippen LogP contribution in [0.25, 0.3) is 10.9 Å². The van der Waals surface area contributed by atoms with E-state index in [1.54, 1.807) is 4.90 Å². The largest absolute Gasteiger partial charge is 0.369 e. The van der Waals surface area contributed by atoms with E-state index in [1.165, 1.54) is 0 Å². The average Bonchev–Trinajstić information content (AvgIpc) is 3.42. The number of carbonyl (C=O) groups excluding carboxylic acids is 1. The third kappa shape index (κ3) is 4.66. The number of amides is 1. The number of benzene rings is 1. The van der Waals surface area contributed by atoms with Gasteiger partial charge in [-0.05, 0) is 52.0 Å². The van der Waals surface area contributed by atoms with Crippen LogP contribution in [0, 0.1) is 5.92 Å². The lowest BCUT2D eigenvalue weighted by molar-refractivity contribution is -0.131. The molecule has 25 heavy (non-hydrogen) atoms. The van der Waals surface area contributed by atoms with Crippen LogP contribution in [-0.2, 0) is 11.3 Å². The van der Waals surface area contributed by atoms with Crippen molar-refractivity contribution in [2.75, 3.05) is 39.5 Å². The van der Waals surface area contributed by atoms with Crippen LogP contribution in [0.5, 0.6) is 0 Å². The summed E-state index contributed by atoms with van der Waals surface area (Å²) in [6, 6.07) is 8.01. The molecule has 1 saturated carbocycles. The molecule has 0 bridgehead atoms. The number of para-hydroxylation sites is 1. The predicted octanol–water partition coefficient (Wildman–Crippen LogP) is 2.36. The van der Waals surface area contributed by atoms with Crippen molar-refractivity contribution >= 4 is 22.6 Å². The average molecular weight is 341 g/mol. The lowest BCUT2D eigenvalue weighted by Crippen LogP contribution is -2.28. The molecular formula is C19H27N5O. The molecule has 1 amide bonds. The van der Waals surface area contributed by atoms with Crippen LogP contribution >= 0.6 is 0 Å². The summed E-state index contributed by atoms with van der Waals surface area (Å²) >= 11 is 0. The van der Waals surface area contributed by atoms with Crippen molar-refractivity contribution in [2.45, 2.75) is 25.8 Å². The second-order valence-corrected chi connectivity index (χ2v) is 7.06. The van der Waals surface area contributed by atoms with Crippen molar-refractivity contribution in [3.63, 3.8) is 0 Å². The van der Waals surface area contributed by atoms with Crippen molar-refractivity contribution in [3.05, 3.63) is 30.1 Å². The number of nitrogens with zero attached hydrogens (tertiary/aromatic N) is 4. The number of hydrogen-bond acceptors (Lipinski definition) is 5. The molecule has 1 aromatic heterocycles. The molecule has 0 unspecified atom stereocenters. The van der Waals surface area contributed by atoms with Crippen molar-refractivity contribution in [1.82, 2.24) is 19.8 Å². The maximum atomic E-state index is 12.2. The number of aromatic nitrogens is 2. The fraction of sp³-hybridized carbons (Fsp3) is 0.526. The maximum absolute atomic E-state index is 12.2. The lowest BCUT2D eigenvalue weighted by Gasteiger charge is -2.17. The van der Waals surface area contributed by atoms with Gasteiger partial charge in [-0.3, -0.25) is 4.79 Å². The first-order chi connectivity index (χ1) is 12.0. The van der Waals surface area contributed by atoms with Gasteiger partial charge in [0.05, 0.1) is 12.1 Å². The first kappa shape index (κ1) is 17.6. The molecule has 6 nitrogen and oxygen atoms in total. The molecule has 6 heteroatoms. The molecule has 0 aliphatic heterocycles. The van der Waals surface area contributed by atoms with Gasteiger partial charge < -0.3 is 15.1 Å². The summed E-state index contributed by atoms with van der Waals surface area (Å²) in [5.41, 5.74) is 0.912. The highest BCUT2D eigenvalue weighted by atomic mass is 16.2. The number of carbonyl (C=O) groups is 1. The van der Waals surface area contributed by atoms with Crippen LogP contribution in [-0.4, -0.2) is 59.9 Å². The Kier molecular flexibility index (Phi) is 5.48. The minimum atomic E-state index is 0.206. The molecule has 1 fully saturated rings. The van der Waals surface area contributed by atoms with Crippen molar-refractivity contribution < 1.29 is 4.79 Å². The standard InChI is InChI=1S/C19H27N5O/c1-23(2)12-6-11-20-18-15-7-4-5-8-16(15)21-17(22-18)13-24(3)19(25)14-9-10-14/h4-5,7-8,14H,6,9-13H2,1-3H3,(H,20,21,22). The van der Waals surface area contributed by atoms with Crippen LogP contribution in [0.15, 0.2) is 24.3 Å². The highest BCUT2D eigenvalue weighted by Gasteiger charge is 2.32. The zero-order chi connectivity index (χ0) is 17.8. The Morgan fingerprint density at radius 3 is 2.68 bits per heavy atom.